The van der Waals surface area contributed by atoms with E-state index in [1.54, 1.807) is 0 Å². The van der Waals surface area contributed by atoms with Gasteiger partial charge < -0.3 is 5.32 Å². The number of hydrogen-bond donors (Lipinski definition) is 1. The molecule has 2 aliphatic rings. The molecule has 0 bridgehead atoms. The fourth-order valence-corrected chi connectivity index (χ4v) is 3.62. The van der Waals surface area contributed by atoms with Gasteiger partial charge in [-0.25, -0.2) is 0 Å². The molecule has 2 fully saturated rings. The summed E-state index contributed by atoms with van der Waals surface area (Å²) in [4.78, 5) is 2.71. The van der Waals surface area contributed by atoms with Crippen LogP contribution in [0.1, 0.15) is 59.3 Å². The molecule has 1 heterocycles. The maximum atomic E-state index is 3.68. The molecule has 0 amide bonds. The monoisotopic (exact) mass is 238 g/mol. The molecule has 0 spiro atoms. The van der Waals surface area contributed by atoms with Crippen LogP contribution in [-0.4, -0.2) is 36.6 Å². The first-order valence-electron chi connectivity index (χ1n) is 7.53. The van der Waals surface area contributed by atoms with Gasteiger partial charge in [-0.15, -0.1) is 0 Å². The Balaban J connectivity index is 1.89. The molecule has 2 nitrogen and oxygen atoms in total. The highest BCUT2D eigenvalue weighted by molar-refractivity contribution is 4.92. The molecule has 0 aromatic rings. The van der Waals surface area contributed by atoms with Gasteiger partial charge in [0.2, 0.25) is 0 Å². The summed E-state index contributed by atoms with van der Waals surface area (Å²) in [7, 11) is 0. The summed E-state index contributed by atoms with van der Waals surface area (Å²) in [5.74, 6) is 0. The van der Waals surface area contributed by atoms with E-state index in [1.807, 2.05) is 0 Å². The van der Waals surface area contributed by atoms with Crippen molar-refractivity contribution in [3.8, 4) is 0 Å². The summed E-state index contributed by atoms with van der Waals surface area (Å²) in [6.45, 7) is 12.2. The van der Waals surface area contributed by atoms with Crippen LogP contribution in [0.2, 0.25) is 0 Å². The average molecular weight is 238 g/mol. The van der Waals surface area contributed by atoms with Gasteiger partial charge in [0.1, 0.15) is 0 Å². The Bertz CT molecular complexity index is 245. The van der Waals surface area contributed by atoms with E-state index in [0.29, 0.717) is 11.0 Å². The molecule has 0 aromatic heterocycles. The summed E-state index contributed by atoms with van der Waals surface area (Å²) in [5, 5.41) is 3.68. The molecular formula is C15H30N2. The van der Waals surface area contributed by atoms with Crippen molar-refractivity contribution in [2.45, 2.75) is 64.8 Å². The number of nitrogens with zero attached hydrogens (tertiary/aromatic N) is 1. The molecule has 1 aliphatic heterocycles. The Morgan fingerprint density at radius 1 is 1.12 bits per heavy atom. The van der Waals surface area contributed by atoms with E-state index < -0.39 is 0 Å². The number of rotatable bonds is 3. The Kier molecular flexibility index (Phi) is 4.14. The molecule has 0 aromatic carbocycles. The zero-order valence-corrected chi connectivity index (χ0v) is 12.0. The fraction of sp³-hybridized carbons (Fsp3) is 1.00. The predicted octanol–water partition coefficient (Wildman–Crippen LogP) is 3.03. The third-order valence-corrected chi connectivity index (χ3v) is 5.00. The fourth-order valence-electron chi connectivity index (χ4n) is 3.62. The van der Waals surface area contributed by atoms with Gasteiger partial charge in [0.25, 0.3) is 0 Å². The maximum Gasteiger partial charge on any atom is 0.0278 e. The minimum atomic E-state index is 0.350. The zero-order chi connectivity index (χ0) is 12.4. The van der Waals surface area contributed by atoms with Crippen molar-refractivity contribution < 1.29 is 0 Å². The third kappa shape index (κ3) is 3.45. The van der Waals surface area contributed by atoms with Gasteiger partial charge in [0.05, 0.1) is 0 Å². The lowest BCUT2D eigenvalue weighted by molar-refractivity contribution is 0.0720. The molecule has 1 unspecified atom stereocenters. The Morgan fingerprint density at radius 3 is 2.47 bits per heavy atom. The number of piperazine rings is 1. The van der Waals surface area contributed by atoms with Crippen molar-refractivity contribution in [2.24, 2.45) is 5.41 Å². The van der Waals surface area contributed by atoms with Crippen molar-refractivity contribution >= 4 is 0 Å². The van der Waals surface area contributed by atoms with Crippen molar-refractivity contribution in [2.75, 3.05) is 26.2 Å². The summed E-state index contributed by atoms with van der Waals surface area (Å²) < 4.78 is 0. The normalized spacial score (nSPS) is 34.8. The van der Waals surface area contributed by atoms with Gasteiger partial charge in [-0.2, -0.15) is 0 Å². The van der Waals surface area contributed by atoms with E-state index in [-0.39, 0.29) is 0 Å². The summed E-state index contributed by atoms with van der Waals surface area (Å²) in [6, 6.07) is 0. The molecule has 17 heavy (non-hydrogen) atoms. The van der Waals surface area contributed by atoms with Crippen LogP contribution < -0.4 is 5.32 Å². The Morgan fingerprint density at radius 2 is 1.82 bits per heavy atom. The summed E-state index contributed by atoms with van der Waals surface area (Å²) in [5.41, 5.74) is 0.952. The van der Waals surface area contributed by atoms with E-state index in [9.17, 15) is 0 Å². The van der Waals surface area contributed by atoms with Crippen LogP contribution in [-0.2, 0) is 0 Å². The highest BCUT2D eigenvalue weighted by Gasteiger charge is 2.34. The second-order valence-electron chi connectivity index (χ2n) is 6.92. The van der Waals surface area contributed by atoms with Crippen LogP contribution >= 0.6 is 0 Å². The van der Waals surface area contributed by atoms with E-state index in [0.717, 1.165) is 0 Å². The second kappa shape index (κ2) is 5.27. The molecule has 2 rings (SSSR count). The third-order valence-electron chi connectivity index (χ3n) is 5.00. The van der Waals surface area contributed by atoms with Crippen LogP contribution in [0.15, 0.2) is 0 Å². The van der Waals surface area contributed by atoms with Crippen molar-refractivity contribution in [1.29, 1.82) is 0 Å². The lowest BCUT2D eigenvalue weighted by Gasteiger charge is -2.45. The molecule has 2 heteroatoms. The molecule has 1 saturated carbocycles. The maximum absolute atomic E-state index is 3.68. The first kappa shape index (κ1) is 13.4. The number of hydrogen-bond acceptors (Lipinski definition) is 2. The molecular weight excluding hydrogens is 208 g/mol. The van der Waals surface area contributed by atoms with Gasteiger partial charge in [-0.1, -0.05) is 33.1 Å². The zero-order valence-electron chi connectivity index (χ0n) is 12.0. The van der Waals surface area contributed by atoms with Gasteiger partial charge in [0, 0.05) is 31.7 Å². The second-order valence-corrected chi connectivity index (χ2v) is 6.92. The smallest absolute Gasteiger partial charge is 0.0278 e. The first-order chi connectivity index (χ1) is 8.05. The lowest BCUT2D eigenvalue weighted by atomic mass is 9.75. The molecule has 0 radical (unpaired) electrons. The van der Waals surface area contributed by atoms with Crippen LogP contribution in [0.25, 0.3) is 0 Å². The molecule has 1 aliphatic carbocycles. The summed E-state index contributed by atoms with van der Waals surface area (Å²) in [6.07, 6.45) is 8.49. The van der Waals surface area contributed by atoms with Gasteiger partial charge in [-0.05, 0) is 31.6 Å². The van der Waals surface area contributed by atoms with E-state index >= 15 is 0 Å². The van der Waals surface area contributed by atoms with E-state index in [1.165, 1.54) is 64.7 Å². The molecule has 1 saturated heterocycles. The van der Waals surface area contributed by atoms with Crippen LogP contribution in [0, 0.1) is 5.41 Å². The molecule has 100 valence electrons. The molecule has 1 N–H and O–H groups in total. The lowest BCUT2D eigenvalue weighted by Crippen LogP contribution is -2.59. The quantitative estimate of drug-likeness (QED) is 0.813. The standard InChI is InChI=1S/C15H30N2/c1-4-15(3)13-17(11-10-16-15)12-14(2)8-6-5-7-9-14/h16H,4-13H2,1-3H3. The minimum absolute atomic E-state index is 0.350. The largest absolute Gasteiger partial charge is 0.309 e. The van der Waals surface area contributed by atoms with Crippen LogP contribution in [0.3, 0.4) is 0 Å². The first-order valence-corrected chi connectivity index (χ1v) is 7.53. The topological polar surface area (TPSA) is 15.3 Å². The average Bonchev–Trinajstić information content (AvgIpc) is 2.29. The van der Waals surface area contributed by atoms with Crippen LogP contribution in [0.4, 0.5) is 0 Å². The van der Waals surface area contributed by atoms with Crippen molar-refractivity contribution in [3.63, 3.8) is 0 Å². The highest BCUT2D eigenvalue weighted by atomic mass is 15.2. The van der Waals surface area contributed by atoms with Gasteiger partial charge in [0.15, 0.2) is 0 Å². The van der Waals surface area contributed by atoms with E-state index in [4.69, 9.17) is 0 Å². The Labute approximate surface area is 107 Å². The van der Waals surface area contributed by atoms with Gasteiger partial charge >= 0.3 is 0 Å². The van der Waals surface area contributed by atoms with Crippen molar-refractivity contribution in [3.05, 3.63) is 0 Å². The molecule has 1 atom stereocenters. The minimum Gasteiger partial charge on any atom is -0.309 e. The van der Waals surface area contributed by atoms with Crippen molar-refractivity contribution in [1.82, 2.24) is 10.2 Å². The van der Waals surface area contributed by atoms with E-state index in [2.05, 4.69) is 31.0 Å². The predicted molar refractivity (Wildman–Crippen MR) is 74.3 cm³/mol. The SMILES string of the molecule is CCC1(C)CN(CC2(C)CCCCC2)CCN1. The number of nitrogens with one attached hydrogen (secondary N) is 1. The Hall–Kier alpha value is -0.0800. The summed E-state index contributed by atoms with van der Waals surface area (Å²) >= 11 is 0. The van der Waals surface area contributed by atoms with Crippen LogP contribution in [0.5, 0.6) is 0 Å². The van der Waals surface area contributed by atoms with Gasteiger partial charge in [-0.3, -0.25) is 4.90 Å². The highest BCUT2D eigenvalue weighted by Crippen LogP contribution is 2.36.